The van der Waals surface area contributed by atoms with Crippen molar-refractivity contribution in [2.24, 2.45) is 11.8 Å². The number of aliphatic carboxylic acids is 1. The molecule has 1 atom stereocenters. The first-order valence-corrected chi connectivity index (χ1v) is 8.01. The molecule has 0 bridgehead atoms. The van der Waals surface area contributed by atoms with Gasteiger partial charge in [0.15, 0.2) is 0 Å². The largest absolute Gasteiger partial charge is 0.480 e. The Morgan fingerprint density at radius 1 is 1.14 bits per heavy atom. The lowest BCUT2D eigenvalue weighted by molar-refractivity contribution is -0.141. The molecule has 1 unspecified atom stereocenters. The van der Waals surface area contributed by atoms with Gasteiger partial charge in [0.25, 0.3) is 0 Å². The van der Waals surface area contributed by atoms with Crippen molar-refractivity contribution in [1.82, 2.24) is 10.6 Å². The van der Waals surface area contributed by atoms with E-state index in [-0.39, 0.29) is 5.92 Å². The second-order valence-electron chi connectivity index (χ2n) is 6.13. The number of carbonyl (C=O) groups is 2. The normalized spacial score (nSPS) is 20.8. The number of ether oxygens (including phenoxy) is 1. The van der Waals surface area contributed by atoms with Crippen LogP contribution < -0.4 is 10.6 Å². The summed E-state index contributed by atoms with van der Waals surface area (Å²) >= 11 is 0. The second kappa shape index (κ2) is 8.22. The fourth-order valence-electron chi connectivity index (χ4n) is 2.81. The summed E-state index contributed by atoms with van der Waals surface area (Å²) in [6, 6.07) is -1.19. The molecule has 120 valence electrons. The topological polar surface area (TPSA) is 87.7 Å². The lowest BCUT2D eigenvalue weighted by atomic mass is 9.84. The van der Waals surface area contributed by atoms with Crippen molar-refractivity contribution in [3.8, 4) is 0 Å². The molecule has 2 amide bonds. The molecule has 0 aliphatic heterocycles. The van der Waals surface area contributed by atoms with Crippen LogP contribution in [0.25, 0.3) is 0 Å². The molecule has 0 aromatic rings. The first-order chi connectivity index (χ1) is 10.2. The summed E-state index contributed by atoms with van der Waals surface area (Å²) in [6.45, 7) is 1.66. The zero-order chi connectivity index (χ0) is 15.1. The monoisotopic (exact) mass is 298 g/mol. The van der Waals surface area contributed by atoms with Crippen LogP contribution in [0.2, 0.25) is 0 Å². The average Bonchev–Trinajstić information content (AvgIpc) is 3.29. The molecule has 2 aliphatic carbocycles. The summed E-state index contributed by atoms with van der Waals surface area (Å²) in [4.78, 5) is 23.1. The molecule has 3 N–H and O–H groups in total. The smallest absolute Gasteiger partial charge is 0.326 e. The van der Waals surface area contributed by atoms with E-state index in [0.29, 0.717) is 19.1 Å². The maximum Gasteiger partial charge on any atom is 0.326 e. The maximum atomic E-state index is 11.8. The van der Waals surface area contributed by atoms with E-state index in [0.717, 1.165) is 38.7 Å². The number of carboxylic acid groups (broad SMARTS) is 1. The Bertz CT molecular complexity index is 352. The van der Waals surface area contributed by atoms with Crippen LogP contribution in [0.1, 0.15) is 44.9 Å². The number of hydrogen-bond donors (Lipinski definition) is 3. The molecule has 0 heterocycles. The van der Waals surface area contributed by atoms with Crippen LogP contribution in [0.15, 0.2) is 0 Å². The van der Waals surface area contributed by atoms with Crippen molar-refractivity contribution in [3.63, 3.8) is 0 Å². The third-order valence-corrected chi connectivity index (χ3v) is 4.26. The van der Waals surface area contributed by atoms with Gasteiger partial charge in [0.2, 0.25) is 0 Å². The van der Waals surface area contributed by atoms with Crippen LogP contribution >= 0.6 is 0 Å². The molecule has 2 saturated carbocycles. The van der Waals surface area contributed by atoms with Gasteiger partial charge in [-0.1, -0.05) is 19.3 Å². The predicted molar refractivity (Wildman–Crippen MR) is 78.1 cm³/mol. The van der Waals surface area contributed by atoms with Crippen molar-refractivity contribution < 1.29 is 19.4 Å². The number of rotatable bonds is 8. The third kappa shape index (κ3) is 5.91. The Balaban J connectivity index is 1.63. The number of carbonyl (C=O) groups excluding carboxylic acids is 1. The molecule has 21 heavy (non-hydrogen) atoms. The quantitative estimate of drug-likeness (QED) is 0.596. The molecule has 2 rings (SSSR count). The highest BCUT2D eigenvalue weighted by atomic mass is 16.5. The lowest BCUT2D eigenvalue weighted by Crippen LogP contribution is -2.50. The SMILES string of the molecule is O=C(NCCOCC1CC1)NC(C(=O)O)C1CCCCC1. The van der Waals surface area contributed by atoms with Gasteiger partial charge in [0, 0.05) is 13.2 Å². The van der Waals surface area contributed by atoms with E-state index in [9.17, 15) is 14.7 Å². The van der Waals surface area contributed by atoms with E-state index < -0.39 is 18.0 Å². The van der Waals surface area contributed by atoms with E-state index in [1.807, 2.05) is 0 Å². The van der Waals surface area contributed by atoms with E-state index in [2.05, 4.69) is 10.6 Å². The van der Waals surface area contributed by atoms with E-state index >= 15 is 0 Å². The Kier molecular flexibility index (Phi) is 6.29. The number of carboxylic acids is 1. The lowest BCUT2D eigenvalue weighted by Gasteiger charge is -2.28. The summed E-state index contributed by atoms with van der Waals surface area (Å²) in [6.07, 6.45) is 7.50. The van der Waals surface area contributed by atoms with Crippen molar-refractivity contribution in [2.45, 2.75) is 51.0 Å². The van der Waals surface area contributed by atoms with E-state index in [1.165, 1.54) is 12.8 Å². The van der Waals surface area contributed by atoms with Crippen molar-refractivity contribution in [2.75, 3.05) is 19.8 Å². The van der Waals surface area contributed by atoms with E-state index in [1.54, 1.807) is 0 Å². The molecule has 0 aromatic carbocycles. The number of urea groups is 1. The highest BCUT2D eigenvalue weighted by molar-refractivity contribution is 5.82. The minimum atomic E-state index is -0.943. The highest BCUT2D eigenvalue weighted by Crippen LogP contribution is 2.28. The third-order valence-electron chi connectivity index (χ3n) is 4.26. The van der Waals surface area contributed by atoms with Gasteiger partial charge < -0.3 is 20.5 Å². The Morgan fingerprint density at radius 2 is 1.86 bits per heavy atom. The molecule has 2 aliphatic rings. The minimum absolute atomic E-state index is 0.0492. The Hall–Kier alpha value is -1.30. The summed E-state index contributed by atoms with van der Waals surface area (Å²) in [5.41, 5.74) is 0. The molecule has 6 nitrogen and oxygen atoms in total. The van der Waals surface area contributed by atoms with Gasteiger partial charge in [-0.2, -0.15) is 0 Å². The van der Waals surface area contributed by atoms with Crippen molar-refractivity contribution in [3.05, 3.63) is 0 Å². The van der Waals surface area contributed by atoms with Crippen molar-refractivity contribution in [1.29, 1.82) is 0 Å². The van der Waals surface area contributed by atoms with Crippen molar-refractivity contribution >= 4 is 12.0 Å². The fourth-order valence-corrected chi connectivity index (χ4v) is 2.81. The summed E-state index contributed by atoms with van der Waals surface area (Å²) in [7, 11) is 0. The fraction of sp³-hybridized carbons (Fsp3) is 0.867. The van der Waals surface area contributed by atoms with Gasteiger partial charge in [0.1, 0.15) is 6.04 Å². The van der Waals surface area contributed by atoms with Gasteiger partial charge in [-0.3, -0.25) is 0 Å². The Labute approximate surface area is 125 Å². The van der Waals surface area contributed by atoms with E-state index in [4.69, 9.17) is 4.74 Å². The van der Waals surface area contributed by atoms with Crippen LogP contribution in [0, 0.1) is 11.8 Å². The highest BCUT2D eigenvalue weighted by Gasteiger charge is 2.30. The predicted octanol–water partition coefficient (Wildman–Crippen LogP) is 1.75. The standard InChI is InChI=1S/C15H26N2O4/c18-14(19)13(12-4-2-1-3-5-12)17-15(20)16-8-9-21-10-11-6-7-11/h11-13H,1-10H2,(H,18,19)(H2,16,17,20). The molecule has 6 heteroatoms. The molecule has 0 radical (unpaired) electrons. The van der Waals surface area contributed by atoms with Crippen LogP contribution in [-0.2, 0) is 9.53 Å². The number of nitrogens with one attached hydrogen (secondary N) is 2. The van der Waals surface area contributed by atoms with Gasteiger partial charge in [-0.05, 0) is 37.5 Å². The minimum Gasteiger partial charge on any atom is -0.480 e. The zero-order valence-corrected chi connectivity index (χ0v) is 12.5. The van der Waals surface area contributed by atoms with Gasteiger partial charge in [0.05, 0.1) is 6.61 Å². The molecular formula is C15H26N2O4. The molecule has 0 spiro atoms. The van der Waals surface area contributed by atoms with Gasteiger partial charge >= 0.3 is 12.0 Å². The average molecular weight is 298 g/mol. The molecule has 0 aromatic heterocycles. The summed E-state index contributed by atoms with van der Waals surface area (Å²) in [5.74, 6) is -0.184. The molecule has 2 fully saturated rings. The zero-order valence-electron chi connectivity index (χ0n) is 12.5. The van der Waals surface area contributed by atoms with Crippen LogP contribution in [0.3, 0.4) is 0 Å². The maximum absolute atomic E-state index is 11.8. The second-order valence-corrected chi connectivity index (χ2v) is 6.13. The van der Waals surface area contributed by atoms with Gasteiger partial charge in [-0.15, -0.1) is 0 Å². The first-order valence-electron chi connectivity index (χ1n) is 8.01. The molecule has 0 saturated heterocycles. The van der Waals surface area contributed by atoms with Crippen LogP contribution in [-0.4, -0.2) is 42.9 Å². The number of hydrogen-bond acceptors (Lipinski definition) is 3. The summed E-state index contributed by atoms with van der Waals surface area (Å²) in [5, 5.41) is 14.5. The van der Waals surface area contributed by atoms with Crippen LogP contribution in [0.5, 0.6) is 0 Å². The molecular weight excluding hydrogens is 272 g/mol. The first kappa shape index (κ1) is 16.1. The Morgan fingerprint density at radius 3 is 2.48 bits per heavy atom. The number of amides is 2. The van der Waals surface area contributed by atoms with Crippen LogP contribution in [0.4, 0.5) is 4.79 Å². The summed E-state index contributed by atoms with van der Waals surface area (Å²) < 4.78 is 5.42. The van der Waals surface area contributed by atoms with Gasteiger partial charge in [-0.25, -0.2) is 9.59 Å².